The number of alkyl halides is 1. The number of hydrogen-bond donors (Lipinski definition) is 0. The van der Waals surface area contributed by atoms with Gasteiger partial charge in [0.05, 0.1) is 6.10 Å². The van der Waals surface area contributed by atoms with E-state index in [1.165, 1.54) is 5.57 Å². The Kier molecular flexibility index (Phi) is 6.69. The van der Waals surface area contributed by atoms with E-state index in [-0.39, 0.29) is 18.0 Å². The molecule has 0 spiro atoms. The average molecular weight is 205 g/mol. The number of ether oxygens (including phenoxy) is 1. The van der Waals surface area contributed by atoms with Crippen molar-refractivity contribution in [3.8, 4) is 0 Å². The lowest BCUT2D eigenvalue weighted by atomic mass is 10.2. The van der Waals surface area contributed by atoms with Gasteiger partial charge in [-0.25, -0.2) is 0 Å². The summed E-state index contributed by atoms with van der Waals surface area (Å²) >= 11 is 5.29. The number of allylic oxidation sites excluding steroid dienone is 2. The molecule has 0 amide bonds. The molecule has 0 unspecified atom stereocenters. The standard InChI is InChI=1S/C10H17ClO2/c1-8(2)5-4-6-9(3)13-10(12)7-11/h5,9H,4,6-7H2,1-3H3/t9-/m0/s1. The lowest BCUT2D eigenvalue weighted by Gasteiger charge is -2.10. The summed E-state index contributed by atoms with van der Waals surface area (Å²) in [7, 11) is 0. The van der Waals surface area contributed by atoms with E-state index in [2.05, 4.69) is 19.9 Å². The third-order valence-electron chi connectivity index (χ3n) is 1.57. The van der Waals surface area contributed by atoms with E-state index in [1.807, 2.05) is 6.92 Å². The monoisotopic (exact) mass is 204 g/mol. The Morgan fingerprint density at radius 3 is 2.62 bits per heavy atom. The van der Waals surface area contributed by atoms with Crippen LogP contribution < -0.4 is 0 Å². The van der Waals surface area contributed by atoms with Gasteiger partial charge in [-0.2, -0.15) is 0 Å². The van der Waals surface area contributed by atoms with Crippen LogP contribution in [0, 0.1) is 0 Å². The Hall–Kier alpha value is -0.500. The molecule has 0 aliphatic heterocycles. The highest BCUT2D eigenvalue weighted by Crippen LogP contribution is 2.05. The normalized spacial score (nSPS) is 12.0. The van der Waals surface area contributed by atoms with E-state index in [9.17, 15) is 4.79 Å². The molecule has 0 saturated carbocycles. The van der Waals surface area contributed by atoms with Crippen LogP contribution in [0.4, 0.5) is 0 Å². The van der Waals surface area contributed by atoms with Crippen LogP contribution in [0.25, 0.3) is 0 Å². The minimum absolute atomic E-state index is 0.0400. The van der Waals surface area contributed by atoms with Crippen molar-refractivity contribution in [2.75, 3.05) is 5.88 Å². The molecule has 3 heteroatoms. The van der Waals surface area contributed by atoms with Gasteiger partial charge in [-0.1, -0.05) is 11.6 Å². The van der Waals surface area contributed by atoms with E-state index < -0.39 is 0 Å². The van der Waals surface area contributed by atoms with Crippen LogP contribution in [0.1, 0.15) is 33.6 Å². The van der Waals surface area contributed by atoms with Crippen molar-refractivity contribution in [3.05, 3.63) is 11.6 Å². The second kappa shape index (κ2) is 6.96. The van der Waals surface area contributed by atoms with Crippen molar-refractivity contribution in [2.24, 2.45) is 0 Å². The first-order valence-electron chi connectivity index (χ1n) is 4.45. The van der Waals surface area contributed by atoms with Gasteiger partial charge in [0, 0.05) is 0 Å². The van der Waals surface area contributed by atoms with Crippen LogP contribution in [0.15, 0.2) is 11.6 Å². The third kappa shape index (κ3) is 7.85. The summed E-state index contributed by atoms with van der Waals surface area (Å²) in [6.45, 7) is 5.98. The molecule has 0 radical (unpaired) electrons. The number of carbonyl (C=O) groups is 1. The SMILES string of the molecule is CC(C)=CCC[C@H](C)OC(=O)CCl. The minimum Gasteiger partial charge on any atom is -0.462 e. The molecule has 1 atom stereocenters. The number of carbonyl (C=O) groups excluding carboxylic acids is 1. The molecule has 2 nitrogen and oxygen atoms in total. The Morgan fingerprint density at radius 2 is 2.15 bits per heavy atom. The number of halogens is 1. The van der Waals surface area contributed by atoms with E-state index in [4.69, 9.17) is 16.3 Å². The number of esters is 1. The molecule has 0 fully saturated rings. The quantitative estimate of drug-likeness (QED) is 0.391. The van der Waals surface area contributed by atoms with Crippen LogP contribution in [0.3, 0.4) is 0 Å². The molecule has 0 aromatic rings. The van der Waals surface area contributed by atoms with Crippen LogP contribution in [0.5, 0.6) is 0 Å². The molecular formula is C10H17ClO2. The molecule has 0 aromatic heterocycles. The fourth-order valence-corrected chi connectivity index (χ4v) is 0.985. The highest BCUT2D eigenvalue weighted by atomic mass is 35.5. The summed E-state index contributed by atoms with van der Waals surface area (Å²) in [5, 5.41) is 0. The van der Waals surface area contributed by atoms with Crippen LogP contribution in [0.2, 0.25) is 0 Å². The largest absolute Gasteiger partial charge is 0.462 e. The zero-order valence-corrected chi connectivity index (χ0v) is 9.23. The molecule has 0 N–H and O–H groups in total. The van der Waals surface area contributed by atoms with Crippen molar-refractivity contribution >= 4 is 17.6 Å². The van der Waals surface area contributed by atoms with Gasteiger partial charge >= 0.3 is 5.97 Å². The van der Waals surface area contributed by atoms with E-state index >= 15 is 0 Å². The Labute approximate surface area is 84.9 Å². The maximum atomic E-state index is 10.7. The first kappa shape index (κ1) is 12.5. The fourth-order valence-electron chi connectivity index (χ4n) is 0.922. The Bertz CT molecular complexity index is 183. The molecule has 0 aliphatic rings. The van der Waals surface area contributed by atoms with Crippen molar-refractivity contribution in [1.82, 2.24) is 0 Å². The summed E-state index contributed by atoms with van der Waals surface area (Å²) in [6.07, 6.45) is 3.89. The van der Waals surface area contributed by atoms with Gasteiger partial charge in [0.15, 0.2) is 0 Å². The summed E-state index contributed by atoms with van der Waals surface area (Å²) in [5.74, 6) is -0.404. The fraction of sp³-hybridized carbons (Fsp3) is 0.700. The second-order valence-electron chi connectivity index (χ2n) is 3.29. The van der Waals surface area contributed by atoms with Crippen LogP contribution in [-0.2, 0) is 9.53 Å². The van der Waals surface area contributed by atoms with Gasteiger partial charge in [0.2, 0.25) is 0 Å². The van der Waals surface area contributed by atoms with E-state index in [0.717, 1.165) is 12.8 Å². The van der Waals surface area contributed by atoms with Crippen molar-refractivity contribution < 1.29 is 9.53 Å². The predicted octanol–water partition coefficient (Wildman–Crippen LogP) is 2.90. The first-order chi connectivity index (χ1) is 6.06. The molecule has 13 heavy (non-hydrogen) atoms. The zero-order chi connectivity index (χ0) is 10.3. The van der Waals surface area contributed by atoms with E-state index in [0.29, 0.717) is 0 Å². The van der Waals surface area contributed by atoms with Gasteiger partial charge < -0.3 is 4.74 Å². The molecule has 76 valence electrons. The van der Waals surface area contributed by atoms with Crippen molar-refractivity contribution in [1.29, 1.82) is 0 Å². The number of hydrogen-bond acceptors (Lipinski definition) is 2. The van der Waals surface area contributed by atoms with E-state index in [1.54, 1.807) is 0 Å². The van der Waals surface area contributed by atoms with Gasteiger partial charge in [-0.05, 0) is 33.6 Å². The van der Waals surface area contributed by atoms with Gasteiger partial charge in [-0.15, -0.1) is 11.6 Å². The molecule has 0 aliphatic carbocycles. The molecule has 0 saturated heterocycles. The molecule has 0 bridgehead atoms. The number of rotatable bonds is 5. The maximum absolute atomic E-state index is 10.7. The third-order valence-corrected chi connectivity index (χ3v) is 1.79. The Morgan fingerprint density at radius 1 is 1.54 bits per heavy atom. The summed E-state index contributed by atoms with van der Waals surface area (Å²) in [5.41, 5.74) is 1.29. The zero-order valence-electron chi connectivity index (χ0n) is 8.47. The molecule has 0 heterocycles. The highest BCUT2D eigenvalue weighted by molar-refractivity contribution is 6.26. The van der Waals surface area contributed by atoms with Crippen molar-refractivity contribution in [3.63, 3.8) is 0 Å². The average Bonchev–Trinajstić information content (AvgIpc) is 2.03. The van der Waals surface area contributed by atoms with Gasteiger partial charge in [-0.3, -0.25) is 4.79 Å². The topological polar surface area (TPSA) is 26.3 Å². The maximum Gasteiger partial charge on any atom is 0.321 e. The van der Waals surface area contributed by atoms with Crippen LogP contribution in [-0.4, -0.2) is 18.0 Å². The van der Waals surface area contributed by atoms with Gasteiger partial charge in [0.1, 0.15) is 5.88 Å². The summed E-state index contributed by atoms with van der Waals surface area (Å²) < 4.78 is 4.98. The lowest BCUT2D eigenvalue weighted by molar-refractivity contribution is -0.145. The second-order valence-corrected chi connectivity index (χ2v) is 3.56. The first-order valence-corrected chi connectivity index (χ1v) is 4.98. The molecular weight excluding hydrogens is 188 g/mol. The summed E-state index contributed by atoms with van der Waals surface area (Å²) in [4.78, 5) is 10.7. The smallest absolute Gasteiger partial charge is 0.321 e. The predicted molar refractivity (Wildman–Crippen MR) is 54.9 cm³/mol. The van der Waals surface area contributed by atoms with Crippen molar-refractivity contribution in [2.45, 2.75) is 39.7 Å². The van der Waals surface area contributed by atoms with Crippen LogP contribution >= 0.6 is 11.6 Å². The molecule has 0 rings (SSSR count). The minimum atomic E-state index is -0.341. The van der Waals surface area contributed by atoms with Gasteiger partial charge in [0.25, 0.3) is 0 Å². The lowest BCUT2D eigenvalue weighted by Crippen LogP contribution is -2.15. The highest BCUT2D eigenvalue weighted by Gasteiger charge is 2.06. The summed E-state index contributed by atoms with van der Waals surface area (Å²) in [6, 6.07) is 0. The molecule has 0 aromatic carbocycles. The Balaban J connectivity index is 3.57.